The van der Waals surface area contributed by atoms with E-state index in [1.165, 1.54) is 11.3 Å². The van der Waals surface area contributed by atoms with Gasteiger partial charge in [-0.2, -0.15) is 0 Å². The first kappa shape index (κ1) is 13.0. The van der Waals surface area contributed by atoms with Gasteiger partial charge in [-0.25, -0.2) is 0 Å². The maximum Gasteiger partial charge on any atom is 0.0600 e. The molecule has 1 atom stereocenters. The molecule has 0 radical (unpaired) electrons. The van der Waals surface area contributed by atoms with Crippen molar-refractivity contribution in [1.82, 2.24) is 10.3 Å². The highest BCUT2D eigenvalue weighted by molar-refractivity contribution is 5.52. The summed E-state index contributed by atoms with van der Waals surface area (Å²) in [5, 5.41) is 3.21. The van der Waals surface area contributed by atoms with E-state index in [-0.39, 0.29) is 0 Å². The summed E-state index contributed by atoms with van der Waals surface area (Å²) in [4.78, 5) is 6.66. The molecule has 0 saturated heterocycles. The van der Waals surface area contributed by atoms with Crippen molar-refractivity contribution in [3.8, 4) is 0 Å². The third-order valence-corrected chi connectivity index (χ3v) is 3.03. The van der Waals surface area contributed by atoms with Crippen LogP contribution in [0.4, 0.5) is 5.69 Å². The first-order valence-corrected chi connectivity index (χ1v) is 6.08. The van der Waals surface area contributed by atoms with Crippen molar-refractivity contribution in [1.29, 1.82) is 0 Å². The molecule has 1 heterocycles. The fourth-order valence-electron chi connectivity index (χ4n) is 1.95. The average Bonchev–Trinajstić information content (AvgIpc) is 2.32. The van der Waals surface area contributed by atoms with Gasteiger partial charge in [0.2, 0.25) is 0 Å². The molecule has 0 spiro atoms. The highest BCUT2D eigenvalue weighted by atomic mass is 15.2. The average molecular weight is 221 g/mol. The standard InChI is InChI=1S/C13H23N3/c1-5-11(3)16(6-2)13-10-15-8-7-12(13)9-14-4/h7-8,10-11,14H,5-6,9H2,1-4H3. The molecule has 1 aromatic rings. The Morgan fingerprint density at radius 1 is 1.44 bits per heavy atom. The zero-order valence-corrected chi connectivity index (χ0v) is 10.8. The molecule has 0 aliphatic carbocycles. The number of aromatic nitrogens is 1. The molecule has 0 bridgehead atoms. The quantitative estimate of drug-likeness (QED) is 0.799. The van der Waals surface area contributed by atoms with Crippen molar-refractivity contribution >= 4 is 5.69 Å². The Bertz CT molecular complexity index is 312. The van der Waals surface area contributed by atoms with E-state index in [9.17, 15) is 0 Å². The zero-order chi connectivity index (χ0) is 12.0. The van der Waals surface area contributed by atoms with Crippen LogP contribution >= 0.6 is 0 Å². The lowest BCUT2D eigenvalue weighted by molar-refractivity contribution is 0.624. The van der Waals surface area contributed by atoms with Gasteiger partial charge in [-0.3, -0.25) is 4.98 Å². The minimum atomic E-state index is 0.560. The van der Waals surface area contributed by atoms with Crippen LogP contribution in [-0.2, 0) is 6.54 Å². The van der Waals surface area contributed by atoms with E-state index >= 15 is 0 Å². The minimum Gasteiger partial charge on any atom is -0.368 e. The second-order valence-corrected chi connectivity index (χ2v) is 4.08. The van der Waals surface area contributed by atoms with E-state index in [4.69, 9.17) is 0 Å². The first-order valence-electron chi connectivity index (χ1n) is 6.08. The van der Waals surface area contributed by atoms with Gasteiger partial charge >= 0.3 is 0 Å². The number of anilines is 1. The second-order valence-electron chi connectivity index (χ2n) is 4.08. The summed E-state index contributed by atoms with van der Waals surface area (Å²) in [6, 6.07) is 2.65. The Morgan fingerprint density at radius 2 is 2.19 bits per heavy atom. The predicted octanol–water partition coefficient (Wildman–Crippen LogP) is 2.43. The van der Waals surface area contributed by atoms with Crippen LogP contribution in [0.5, 0.6) is 0 Å². The Morgan fingerprint density at radius 3 is 2.75 bits per heavy atom. The highest BCUT2D eigenvalue weighted by Crippen LogP contribution is 2.22. The van der Waals surface area contributed by atoms with E-state index in [0.717, 1.165) is 19.5 Å². The van der Waals surface area contributed by atoms with Gasteiger partial charge in [-0.15, -0.1) is 0 Å². The molecule has 1 aromatic heterocycles. The fourth-order valence-corrected chi connectivity index (χ4v) is 1.95. The summed E-state index contributed by atoms with van der Waals surface area (Å²) >= 11 is 0. The molecule has 0 aliphatic rings. The molecule has 0 amide bonds. The Labute approximate surface area is 98.9 Å². The van der Waals surface area contributed by atoms with Crippen molar-refractivity contribution in [3.05, 3.63) is 24.0 Å². The normalized spacial score (nSPS) is 12.5. The molecule has 16 heavy (non-hydrogen) atoms. The summed E-state index contributed by atoms with van der Waals surface area (Å²) in [5.41, 5.74) is 2.58. The first-order chi connectivity index (χ1) is 7.74. The van der Waals surface area contributed by atoms with Crippen LogP contribution in [0.15, 0.2) is 18.5 Å². The third kappa shape index (κ3) is 2.95. The Kier molecular flexibility index (Phi) is 5.26. The molecule has 0 aliphatic heterocycles. The summed E-state index contributed by atoms with van der Waals surface area (Å²) in [5.74, 6) is 0. The van der Waals surface area contributed by atoms with Crippen molar-refractivity contribution in [2.75, 3.05) is 18.5 Å². The Hall–Kier alpha value is -1.09. The number of nitrogens with zero attached hydrogens (tertiary/aromatic N) is 2. The maximum atomic E-state index is 4.24. The van der Waals surface area contributed by atoms with Crippen molar-refractivity contribution in [3.63, 3.8) is 0 Å². The summed E-state index contributed by atoms with van der Waals surface area (Å²) in [6.45, 7) is 8.60. The van der Waals surface area contributed by atoms with Gasteiger partial charge in [0.05, 0.1) is 11.9 Å². The lowest BCUT2D eigenvalue weighted by atomic mass is 10.1. The summed E-state index contributed by atoms with van der Waals surface area (Å²) in [7, 11) is 1.98. The minimum absolute atomic E-state index is 0.560. The summed E-state index contributed by atoms with van der Waals surface area (Å²) in [6.07, 6.45) is 4.99. The second kappa shape index (κ2) is 6.48. The van der Waals surface area contributed by atoms with Gasteiger partial charge in [0.15, 0.2) is 0 Å². The maximum absolute atomic E-state index is 4.24. The van der Waals surface area contributed by atoms with E-state index in [0.29, 0.717) is 6.04 Å². The number of rotatable bonds is 6. The van der Waals surface area contributed by atoms with E-state index in [1.54, 1.807) is 0 Å². The predicted molar refractivity (Wildman–Crippen MR) is 69.8 cm³/mol. The molecule has 1 rings (SSSR count). The van der Waals surface area contributed by atoms with Crippen LogP contribution in [0.2, 0.25) is 0 Å². The number of hydrogen-bond acceptors (Lipinski definition) is 3. The van der Waals surface area contributed by atoms with Gasteiger partial charge in [-0.1, -0.05) is 6.92 Å². The van der Waals surface area contributed by atoms with Gasteiger partial charge in [0.1, 0.15) is 0 Å². The molecular weight excluding hydrogens is 198 g/mol. The van der Waals surface area contributed by atoms with Gasteiger partial charge in [0, 0.05) is 25.3 Å². The van der Waals surface area contributed by atoms with Crippen molar-refractivity contribution in [2.45, 2.75) is 39.8 Å². The summed E-state index contributed by atoms with van der Waals surface area (Å²) < 4.78 is 0. The van der Waals surface area contributed by atoms with Crippen LogP contribution in [0.3, 0.4) is 0 Å². The molecule has 3 nitrogen and oxygen atoms in total. The monoisotopic (exact) mass is 221 g/mol. The Balaban J connectivity index is 2.98. The van der Waals surface area contributed by atoms with E-state index in [2.05, 4.69) is 42.0 Å². The molecule has 0 aromatic carbocycles. The van der Waals surface area contributed by atoms with Crippen LogP contribution in [0.25, 0.3) is 0 Å². The zero-order valence-electron chi connectivity index (χ0n) is 10.8. The molecule has 3 heteroatoms. The topological polar surface area (TPSA) is 28.2 Å². The SMILES string of the molecule is CCC(C)N(CC)c1cnccc1CNC. The van der Waals surface area contributed by atoms with Gasteiger partial charge in [0.25, 0.3) is 0 Å². The van der Waals surface area contributed by atoms with Crippen molar-refractivity contribution < 1.29 is 0 Å². The van der Waals surface area contributed by atoms with Crippen molar-refractivity contribution in [2.24, 2.45) is 0 Å². The lowest BCUT2D eigenvalue weighted by Gasteiger charge is -2.31. The van der Waals surface area contributed by atoms with Crippen LogP contribution in [-0.4, -0.2) is 24.6 Å². The number of pyridine rings is 1. The van der Waals surface area contributed by atoms with E-state index < -0.39 is 0 Å². The number of hydrogen-bond donors (Lipinski definition) is 1. The lowest BCUT2D eigenvalue weighted by Crippen LogP contribution is -2.33. The molecule has 0 fully saturated rings. The molecule has 0 saturated carbocycles. The van der Waals surface area contributed by atoms with Gasteiger partial charge in [-0.05, 0) is 38.9 Å². The van der Waals surface area contributed by atoms with Crippen LogP contribution in [0.1, 0.15) is 32.8 Å². The molecular formula is C13H23N3. The fraction of sp³-hybridized carbons (Fsp3) is 0.615. The molecule has 90 valence electrons. The third-order valence-electron chi connectivity index (χ3n) is 3.03. The number of nitrogens with one attached hydrogen (secondary N) is 1. The smallest absolute Gasteiger partial charge is 0.0600 e. The van der Waals surface area contributed by atoms with Crippen LogP contribution < -0.4 is 10.2 Å². The van der Waals surface area contributed by atoms with E-state index in [1.807, 2.05) is 19.4 Å². The van der Waals surface area contributed by atoms with Gasteiger partial charge < -0.3 is 10.2 Å². The molecule has 1 unspecified atom stereocenters. The van der Waals surface area contributed by atoms with Crippen LogP contribution in [0, 0.1) is 0 Å². The molecule has 1 N–H and O–H groups in total. The largest absolute Gasteiger partial charge is 0.368 e. The highest BCUT2D eigenvalue weighted by Gasteiger charge is 2.14.